The molecule has 188 valence electrons. The average molecular weight is 501 g/mol. The Morgan fingerprint density at radius 3 is 2.46 bits per heavy atom. The van der Waals surface area contributed by atoms with Crippen LogP contribution in [0.5, 0.6) is 11.5 Å². The topological polar surface area (TPSA) is 91.9 Å². The normalized spacial score (nSPS) is 16.9. The Balaban J connectivity index is 1.56. The predicted molar refractivity (Wildman–Crippen MR) is 137 cm³/mol. The lowest BCUT2D eigenvalue weighted by Crippen LogP contribution is -2.31. The number of benzene rings is 3. The minimum Gasteiger partial charge on any atom is -0.507 e. The maximum absolute atomic E-state index is 13.5. The molecule has 5 rings (SSSR count). The fraction of sp³-hybridized carbons (Fsp3) is 0.172. The van der Waals surface area contributed by atoms with Gasteiger partial charge in [0.25, 0.3) is 11.7 Å². The van der Waals surface area contributed by atoms with Gasteiger partial charge < -0.3 is 24.5 Å². The summed E-state index contributed by atoms with van der Waals surface area (Å²) in [5, 5.41) is 12.1. The smallest absolute Gasteiger partial charge is 0.295 e. The van der Waals surface area contributed by atoms with Gasteiger partial charge in [0.2, 0.25) is 0 Å². The van der Waals surface area contributed by atoms with Crippen molar-refractivity contribution in [1.29, 1.82) is 0 Å². The lowest BCUT2D eigenvalue weighted by Gasteiger charge is -2.25. The molecule has 1 aliphatic rings. The number of aliphatic hydroxyl groups is 1. The number of likely N-dealkylation sites (tertiary alicyclic amines) is 1. The number of halogens is 1. The first kappa shape index (κ1) is 24.1. The van der Waals surface area contributed by atoms with Crippen molar-refractivity contribution in [2.45, 2.75) is 12.5 Å². The molecular formula is C29H25FN2O5. The molecule has 1 saturated heterocycles. The fourth-order valence-electron chi connectivity index (χ4n) is 4.76. The van der Waals surface area contributed by atoms with Gasteiger partial charge in [-0.15, -0.1) is 0 Å². The highest BCUT2D eigenvalue weighted by Gasteiger charge is 2.46. The Kier molecular flexibility index (Phi) is 6.40. The molecular weight excluding hydrogens is 475 g/mol. The number of hydrogen-bond acceptors (Lipinski definition) is 5. The van der Waals surface area contributed by atoms with Crippen molar-refractivity contribution in [3.8, 4) is 11.5 Å². The zero-order valence-corrected chi connectivity index (χ0v) is 20.3. The molecule has 1 fully saturated rings. The quantitative estimate of drug-likeness (QED) is 0.212. The van der Waals surface area contributed by atoms with Crippen molar-refractivity contribution in [3.63, 3.8) is 0 Å². The van der Waals surface area contributed by atoms with E-state index in [1.807, 2.05) is 24.4 Å². The summed E-state index contributed by atoms with van der Waals surface area (Å²) < 4.78 is 24.2. The van der Waals surface area contributed by atoms with E-state index in [2.05, 4.69) is 4.98 Å². The number of hydrogen-bond donors (Lipinski definition) is 2. The molecule has 8 heteroatoms. The van der Waals surface area contributed by atoms with E-state index in [9.17, 15) is 19.1 Å². The number of amides is 1. The summed E-state index contributed by atoms with van der Waals surface area (Å²) in [4.78, 5) is 31.2. The Hall–Kier alpha value is -4.59. The van der Waals surface area contributed by atoms with Gasteiger partial charge in [0.1, 0.15) is 23.1 Å². The average Bonchev–Trinajstić information content (AvgIpc) is 3.44. The van der Waals surface area contributed by atoms with Crippen LogP contribution in [0.4, 0.5) is 4.39 Å². The molecule has 0 unspecified atom stereocenters. The second-order valence-corrected chi connectivity index (χ2v) is 8.75. The number of nitrogens with zero attached hydrogens (tertiary/aromatic N) is 1. The Morgan fingerprint density at radius 1 is 1.00 bits per heavy atom. The van der Waals surface area contributed by atoms with Crippen LogP contribution in [-0.2, 0) is 16.0 Å². The molecule has 2 N–H and O–H groups in total. The SMILES string of the molecule is COc1cccc([C@H]2C(=C(O)c3ccc(F)cc3)C(=O)C(=O)N2CCc2c[nH]c3ccc(OC)cc23)c1. The Bertz CT molecular complexity index is 1520. The van der Waals surface area contributed by atoms with Crippen LogP contribution in [0, 0.1) is 5.82 Å². The van der Waals surface area contributed by atoms with Gasteiger partial charge in [0.15, 0.2) is 0 Å². The number of methoxy groups -OCH3 is 2. The van der Waals surface area contributed by atoms with Crippen LogP contribution in [0.1, 0.15) is 22.7 Å². The van der Waals surface area contributed by atoms with Gasteiger partial charge in [-0.05, 0) is 72.1 Å². The Labute approximate surface area is 212 Å². The van der Waals surface area contributed by atoms with Crippen molar-refractivity contribution in [2.75, 3.05) is 20.8 Å². The number of aromatic nitrogens is 1. The molecule has 1 aliphatic heterocycles. The number of rotatable bonds is 7. The van der Waals surface area contributed by atoms with Crippen LogP contribution in [0.15, 0.2) is 78.5 Å². The van der Waals surface area contributed by atoms with Crippen LogP contribution >= 0.6 is 0 Å². The third-order valence-corrected chi connectivity index (χ3v) is 6.66. The van der Waals surface area contributed by atoms with E-state index in [1.54, 1.807) is 31.4 Å². The summed E-state index contributed by atoms with van der Waals surface area (Å²) >= 11 is 0. The number of H-pyrrole nitrogens is 1. The molecule has 0 spiro atoms. The highest BCUT2D eigenvalue weighted by Crippen LogP contribution is 2.40. The number of carbonyl (C=O) groups is 2. The predicted octanol–water partition coefficient (Wildman–Crippen LogP) is 4.99. The van der Waals surface area contributed by atoms with E-state index < -0.39 is 23.5 Å². The molecule has 1 amide bonds. The molecule has 0 aliphatic carbocycles. The molecule has 0 bridgehead atoms. The van der Waals surface area contributed by atoms with Crippen molar-refractivity contribution in [1.82, 2.24) is 9.88 Å². The van der Waals surface area contributed by atoms with E-state index in [0.717, 1.165) is 16.5 Å². The van der Waals surface area contributed by atoms with E-state index in [4.69, 9.17) is 9.47 Å². The zero-order chi connectivity index (χ0) is 26.1. The summed E-state index contributed by atoms with van der Waals surface area (Å²) in [5.41, 5.74) is 2.70. The van der Waals surface area contributed by atoms with E-state index >= 15 is 0 Å². The second kappa shape index (κ2) is 9.81. The number of nitrogens with one attached hydrogen (secondary N) is 1. The van der Waals surface area contributed by atoms with Crippen molar-refractivity contribution in [3.05, 3.63) is 101 Å². The third-order valence-electron chi connectivity index (χ3n) is 6.66. The largest absolute Gasteiger partial charge is 0.507 e. The first-order valence-electron chi connectivity index (χ1n) is 11.7. The number of ketones is 1. The maximum atomic E-state index is 13.5. The second-order valence-electron chi connectivity index (χ2n) is 8.75. The van der Waals surface area contributed by atoms with Gasteiger partial charge in [0, 0.05) is 29.2 Å². The summed E-state index contributed by atoms with van der Waals surface area (Å²) in [6, 6.07) is 17.0. The van der Waals surface area contributed by atoms with E-state index in [0.29, 0.717) is 23.5 Å². The Morgan fingerprint density at radius 2 is 1.73 bits per heavy atom. The first-order chi connectivity index (χ1) is 17.9. The molecule has 0 saturated carbocycles. The van der Waals surface area contributed by atoms with Crippen LogP contribution in [-0.4, -0.2) is 47.4 Å². The molecule has 3 aromatic carbocycles. The van der Waals surface area contributed by atoms with E-state index in [-0.39, 0.29) is 23.4 Å². The third kappa shape index (κ3) is 4.42. The molecule has 0 radical (unpaired) electrons. The number of aromatic amines is 1. The summed E-state index contributed by atoms with van der Waals surface area (Å²) in [6.07, 6.45) is 2.33. The lowest BCUT2D eigenvalue weighted by atomic mass is 9.95. The molecule has 4 aromatic rings. The van der Waals surface area contributed by atoms with Gasteiger partial charge in [-0.1, -0.05) is 12.1 Å². The van der Waals surface area contributed by atoms with E-state index in [1.165, 1.54) is 36.3 Å². The van der Waals surface area contributed by atoms with Gasteiger partial charge in [-0.25, -0.2) is 4.39 Å². The maximum Gasteiger partial charge on any atom is 0.295 e. The molecule has 1 aromatic heterocycles. The van der Waals surface area contributed by atoms with Gasteiger partial charge in [-0.3, -0.25) is 9.59 Å². The minimum atomic E-state index is -0.847. The highest BCUT2D eigenvalue weighted by molar-refractivity contribution is 6.46. The number of ether oxygens (including phenoxy) is 2. The van der Waals surface area contributed by atoms with Gasteiger partial charge in [-0.2, -0.15) is 0 Å². The molecule has 1 atom stereocenters. The lowest BCUT2D eigenvalue weighted by molar-refractivity contribution is -0.139. The van der Waals surface area contributed by atoms with Crippen molar-refractivity contribution in [2.24, 2.45) is 0 Å². The summed E-state index contributed by atoms with van der Waals surface area (Å²) in [7, 11) is 3.13. The summed E-state index contributed by atoms with van der Waals surface area (Å²) in [5.74, 6) is -1.08. The number of carbonyl (C=O) groups excluding carboxylic acids is 2. The zero-order valence-electron chi connectivity index (χ0n) is 20.3. The van der Waals surface area contributed by atoms with Crippen molar-refractivity contribution < 1.29 is 28.6 Å². The minimum absolute atomic E-state index is 0.0505. The first-order valence-corrected chi connectivity index (χ1v) is 11.7. The molecule has 7 nitrogen and oxygen atoms in total. The molecule has 37 heavy (non-hydrogen) atoms. The standard InChI is InChI=1S/C29H25FN2O5/c1-36-21-5-3-4-18(14-21)26-25(27(33)17-6-8-20(30)9-7-17)28(34)29(35)32(26)13-12-19-16-31-24-11-10-22(37-2)15-23(19)24/h3-11,14-16,26,31,33H,12-13H2,1-2H3/t26-/m0/s1. The number of fused-ring (bicyclic) bond motifs is 1. The van der Waals surface area contributed by atoms with Crippen LogP contribution in [0.3, 0.4) is 0 Å². The monoisotopic (exact) mass is 500 g/mol. The van der Waals surface area contributed by atoms with Crippen LogP contribution < -0.4 is 9.47 Å². The number of aliphatic hydroxyl groups excluding tert-OH is 1. The number of Topliss-reactive ketones (excluding diaryl/α,β-unsaturated/α-hetero) is 1. The summed E-state index contributed by atoms with van der Waals surface area (Å²) in [6.45, 7) is 0.219. The fourth-order valence-corrected chi connectivity index (χ4v) is 4.76. The molecule has 2 heterocycles. The van der Waals surface area contributed by atoms with Gasteiger partial charge >= 0.3 is 0 Å². The highest BCUT2D eigenvalue weighted by atomic mass is 19.1. The van der Waals surface area contributed by atoms with Crippen LogP contribution in [0.2, 0.25) is 0 Å². The van der Waals surface area contributed by atoms with Crippen LogP contribution in [0.25, 0.3) is 16.7 Å². The van der Waals surface area contributed by atoms with Gasteiger partial charge in [0.05, 0.1) is 25.8 Å². The van der Waals surface area contributed by atoms with Crippen molar-refractivity contribution >= 4 is 28.4 Å².